The first-order chi connectivity index (χ1) is 15.5. The molecule has 0 saturated heterocycles. The Bertz CT molecular complexity index is 1680. The highest BCUT2D eigenvalue weighted by molar-refractivity contribution is 7.24. The van der Waals surface area contributed by atoms with Crippen LogP contribution < -0.4 is 10.6 Å². The third kappa shape index (κ3) is 2.95. The second-order valence-corrected chi connectivity index (χ2v) is 10.2. The van der Waals surface area contributed by atoms with E-state index in [1.54, 1.807) is 22.7 Å². The van der Waals surface area contributed by atoms with Gasteiger partial charge >= 0.3 is 0 Å². The summed E-state index contributed by atoms with van der Waals surface area (Å²) in [5, 5.41) is 13.2. The summed E-state index contributed by atoms with van der Waals surface area (Å²) in [6.07, 6.45) is 0. The zero-order valence-corrected chi connectivity index (χ0v) is 19.0. The molecule has 0 aliphatic carbocycles. The van der Waals surface area contributed by atoms with E-state index in [2.05, 4.69) is 28.2 Å². The zero-order chi connectivity index (χ0) is 22.0. The van der Waals surface area contributed by atoms with Crippen LogP contribution in [0.5, 0.6) is 5.88 Å². The second kappa shape index (κ2) is 7.02. The monoisotopic (exact) mass is 454 g/mol. The molecule has 1 aliphatic rings. The van der Waals surface area contributed by atoms with Gasteiger partial charge in [0.05, 0.1) is 16.5 Å². The standard InChI is InChI=1S/C26H18N2O2S2/c1-13-3-5-17-15(11-13)23(25(29)27-17)21-9-7-19(31-21)20-8-10-22(32-20)24-16-12-14(2)4-6-18(16)28-26(24)30/h3-12,27,29H,1-2H3. The van der Waals surface area contributed by atoms with E-state index >= 15 is 0 Å². The molecule has 2 N–H and O–H groups in total. The van der Waals surface area contributed by atoms with Crippen LogP contribution in [0.2, 0.25) is 0 Å². The fourth-order valence-electron chi connectivity index (χ4n) is 4.22. The molecule has 0 unspecified atom stereocenters. The molecule has 0 fully saturated rings. The van der Waals surface area contributed by atoms with Crippen LogP contribution in [0.4, 0.5) is 0 Å². The summed E-state index contributed by atoms with van der Waals surface area (Å²) < 4.78 is 0. The molecular formula is C26H18N2O2S2. The van der Waals surface area contributed by atoms with Gasteiger partial charge in [0.1, 0.15) is 0 Å². The highest BCUT2D eigenvalue weighted by Gasteiger charge is 2.21. The number of nitrogens with one attached hydrogen (secondary N) is 1. The van der Waals surface area contributed by atoms with Gasteiger partial charge in [-0.2, -0.15) is 0 Å². The summed E-state index contributed by atoms with van der Waals surface area (Å²) in [5.41, 5.74) is 4.70. The van der Waals surface area contributed by atoms with E-state index in [9.17, 15) is 9.90 Å². The van der Waals surface area contributed by atoms with Crippen molar-refractivity contribution >= 4 is 45.1 Å². The van der Waals surface area contributed by atoms with Crippen LogP contribution in [-0.4, -0.2) is 16.0 Å². The molecule has 1 amide bonds. The van der Waals surface area contributed by atoms with E-state index in [0.29, 0.717) is 5.57 Å². The van der Waals surface area contributed by atoms with Gasteiger partial charge in [0.15, 0.2) is 5.88 Å². The van der Waals surface area contributed by atoms with E-state index in [1.165, 1.54) is 0 Å². The van der Waals surface area contributed by atoms with Gasteiger partial charge in [-0.1, -0.05) is 23.3 Å². The van der Waals surface area contributed by atoms with Gasteiger partial charge in [-0.25, -0.2) is 4.99 Å². The quantitative estimate of drug-likeness (QED) is 0.388. The van der Waals surface area contributed by atoms with Crippen LogP contribution >= 0.6 is 22.7 Å². The van der Waals surface area contributed by atoms with Crippen molar-refractivity contribution in [3.8, 4) is 26.1 Å². The molecule has 0 radical (unpaired) electrons. The number of rotatable bonds is 3. The first-order valence-electron chi connectivity index (χ1n) is 10.2. The number of hydrogen-bond donors (Lipinski definition) is 2. The number of carbonyl (C=O) groups is 1. The number of benzene rings is 2. The Morgan fingerprint density at radius 1 is 0.812 bits per heavy atom. The maximum absolute atomic E-state index is 12.6. The first kappa shape index (κ1) is 19.2. The van der Waals surface area contributed by atoms with Crippen molar-refractivity contribution in [1.82, 2.24) is 4.98 Å². The van der Waals surface area contributed by atoms with E-state index in [1.807, 2.05) is 56.3 Å². The van der Waals surface area contributed by atoms with Crippen molar-refractivity contribution in [1.29, 1.82) is 0 Å². The van der Waals surface area contributed by atoms with Crippen molar-refractivity contribution in [2.24, 2.45) is 4.99 Å². The van der Waals surface area contributed by atoms with Crippen molar-refractivity contribution in [3.63, 3.8) is 0 Å². The Morgan fingerprint density at radius 2 is 1.47 bits per heavy atom. The number of amides is 1. The highest BCUT2D eigenvalue weighted by Crippen LogP contribution is 2.44. The minimum absolute atomic E-state index is 0.176. The molecule has 0 bridgehead atoms. The predicted molar refractivity (Wildman–Crippen MR) is 131 cm³/mol. The van der Waals surface area contributed by atoms with Crippen LogP contribution in [-0.2, 0) is 4.79 Å². The van der Waals surface area contributed by atoms with E-state index in [0.717, 1.165) is 57.7 Å². The number of H-pyrrole nitrogens is 1. The van der Waals surface area contributed by atoms with Gasteiger partial charge in [0, 0.05) is 35.6 Å². The van der Waals surface area contributed by atoms with Crippen LogP contribution in [0.1, 0.15) is 16.0 Å². The average molecular weight is 455 g/mol. The normalized spacial score (nSPS) is 13.1. The fourth-order valence-corrected chi connectivity index (χ4v) is 6.43. The minimum Gasteiger partial charge on any atom is -0.494 e. The van der Waals surface area contributed by atoms with E-state index in [4.69, 9.17) is 0 Å². The summed E-state index contributed by atoms with van der Waals surface area (Å²) in [6.45, 7) is 4.07. The molecular weight excluding hydrogens is 436 g/mol. The van der Waals surface area contributed by atoms with Crippen LogP contribution in [0.15, 0.2) is 65.7 Å². The molecule has 0 atom stereocenters. The third-order valence-electron chi connectivity index (χ3n) is 5.74. The lowest BCUT2D eigenvalue weighted by molar-refractivity contribution is -0.112. The van der Waals surface area contributed by atoms with Crippen molar-refractivity contribution in [2.45, 2.75) is 13.8 Å². The fraction of sp³-hybridized carbons (Fsp3) is 0.0769. The molecule has 1 aliphatic heterocycles. The van der Waals surface area contributed by atoms with Gasteiger partial charge in [-0.05, 0) is 62.4 Å². The van der Waals surface area contributed by atoms with Gasteiger partial charge in [-0.3, -0.25) is 4.79 Å². The molecule has 6 rings (SSSR count). The Balaban J connectivity index is 1.43. The van der Waals surface area contributed by atoms with Crippen LogP contribution in [0.3, 0.4) is 0 Å². The molecule has 4 nitrogen and oxygen atoms in total. The maximum Gasteiger partial charge on any atom is 0.279 e. The Hall–Kier alpha value is -3.48. The smallest absolute Gasteiger partial charge is 0.279 e. The van der Waals surface area contributed by atoms with Crippen molar-refractivity contribution in [2.75, 3.05) is 0 Å². The number of aromatic nitrogens is 1. The lowest BCUT2D eigenvalue weighted by Gasteiger charge is -1.98. The average Bonchev–Trinajstić information content (AvgIpc) is 3.51. The Labute approximate surface area is 191 Å². The molecule has 0 saturated carbocycles. The van der Waals surface area contributed by atoms with Crippen molar-refractivity contribution < 1.29 is 9.90 Å². The largest absolute Gasteiger partial charge is 0.494 e. The molecule has 5 aromatic rings. The zero-order valence-electron chi connectivity index (χ0n) is 17.4. The summed E-state index contributed by atoms with van der Waals surface area (Å²) in [7, 11) is 0. The molecule has 6 heteroatoms. The second-order valence-electron chi connectivity index (χ2n) is 8.04. The summed E-state index contributed by atoms with van der Waals surface area (Å²) in [5.74, 6) is 0.0107. The van der Waals surface area contributed by atoms with Gasteiger partial charge in [-0.15, -0.1) is 22.7 Å². The number of hydrogen-bond acceptors (Lipinski definition) is 4. The van der Waals surface area contributed by atoms with Crippen LogP contribution in [0, 0.1) is 13.8 Å². The summed E-state index contributed by atoms with van der Waals surface area (Å²) in [6, 6.07) is 20.2. The number of nitrogens with zero attached hydrogens (tertiary/aromatic N) is 1. The Kier molecular flexibility index (Phi) is 4.22. The molecule has 3 aromatic heterocycles. The van der Waals surface area contributed by atoms with E-state index in [-0.39, 0.29) is 11.8 Å². The van der Waals surface area contributed by atoms with Crippen molar-refractivity contribution in [3.05, 3.63) is 87.2 Å². The van der Waals surface area contributed by atoms with Gasteiger partial charge in [0.2, 0.25) is 0 Å². The number of carbonyl (C=O) groups excluding carboxylic acids is 1. The predicted octanol–water partition coefficient (Wildman–Crippen LogP) is 5.31. The topological polar surface area (TPSA) is 65.4 Å². The first-order valence-corrected chi connectivity index (χ1v) is 11.9. The highest BCUT2D eigenvalue weighted by atomic mass is 32.1. The van der Waals surface area contributed by atoms with Gasteiger partial charge < -0.3 is 10.1 Å². The lowest BCUT2D eigenvalue weighted by Crippen LogP contribution is -2.23. The maximum atomic E-state index is 12.6. The van der Waals surface area contributed by atoms with E-state index < -0.39 is 0 Å². The Morgan fingerprint density at radius 3 is 2.28 bits per heavy atom. The number of aromatic hydroxyl groups is 1. The summed E-state index contributed by atoms with van der Waals surface area (Å²) in [4.78, 5) is 24.0. The third-order valence-corrected chi connectivity index (χ3v) is 8.14. The molecule has 4 heterocycles. The molecule has 2 aromatic carbocycles. The number of aryl methyl sites for hydroxylation is 2. The molecule has 32 heavy (non-hydrogen) atoms. The van der Waals surface area contributed by atoms with Crippen LogP contribution in [0.25, 0.3) is 36.7 Å². The number of fused-ring (bicyclic) bond motifs is 2. The summed E-state index contributed by atoms with van der Waals surface area (Å²) >= 11 is 3.24. The SMILES string of the molecule is Cc1ccc2c(c1)=C(c1ccc(-c3ccc(-c4c(O)[nH]c5ccc(C)cc45)s3)s1)C(=O)N=2. The lowest BCUT2D eigenvalue weighted by atomic mass is 10.1. The molecule has 156 valence electrons. The number of aromatic amines is 1. The number of thiophene rings is 2. The minimum atomic E-state index is -0.176. The molecule has 0 spiro atoms. The van der Waals surface area contributed by atoms with Gasteiger partial charge in [0.25, 0.3) is 5.91 Å².